The molecule has 0 atom stereocenters. The summed E-state index contributed by atoms with van der Waals surface area (Å²) in [6.45, 7) is 0.0663. The van der Waals surface area contributed by atoms with Crippen LogP contribution in [-0.4, -0.2) is 28.3 Å². The zero-order valence-corrected chi connectivity index (χ0v) is 7.25. The standard InChI is InChI=1S/C8H8N4O2/c13-5-9-6-14-12-8-4-2-1-3-7(8)10-11-12/h1-5H,6H2,(H,9,13). The summed E-state index contributed by atoms with van der Waals surface area (Å²) >= 11 is 0. The fourth-order valence-electron chi connectivity index (χ4n) is 1.08. The van der Waals surface area contributed by atoms with E-state index in [1.54, 1.807) is 0 Å². The number of benzene rings is 1. The number of rotatable bonds is 4. The molecule has 0 aliphatic rings. The second kappa shape index (κ2) is 3.73. The van der Waals surface area contributed by atoms with Gasteiger partial charge in [0.1, 0.15) is 11.0 Å². The van der Waals surface area contributed by atoms with Crippen LogP contribution in [-0.2, 0) is 4.79 Å². The molecule has 72 valence electrons. The smallest absolute Gasteiger partial charge is 0.209 e. The normalized spacial score (nSPS) is 10.0. The summed E-state index contributed by atoms with van der Waals surface area (Å²) < 4.78 is 0. The van der Waals surface area contributed by atoms with E-state index in [0.29, 0.717) is 6.41 Å². The minimum absolute atomic E-state index is 0.0663. The minimum atomic E-state index is 0.0663. The van der Waals surface area contributed by atoms with Crippen molar-refractivity contribution >= 4 is 17.4 Å². The molecule has 0 radical (unpaired) electrons. The molecule has 1 amide bonds. The van der Waals surface area contributed by atoms with E-state index in [1.807, 2.05) is 24.3 Å². The van der Waals surface area contributed by atoms with Crippen molar-refractivity contribution < 1.29 is 9.63 Å². The highest BCUT2D eigenvalue weighted by Gasteiger charge is 2.02. The minimum Gasteiger partial charge on any atom is -0.373 e. The predicted octanol–water partition coefficient (Wildman–Crippen LogP) is -0.437. The van der Waals surface area contributed by atoms with Crippen molar-refractivity contribution in [3.63, 3.8) is 0 Å². The van der Waals surface area contributed by atoms with Crippen LogP contribution in [0.3, 0.4) is 0 Å². The van der Waals surface area contributed by atoms with E-state index in [2.05, 4.69) is 15.6 Å². The van der Waals surface area contributed by atoms with Gasteiger partial charge in [0.05, 0.1) is 0 Å². The zero-order chi connectivity index (χ0) is 9.80. The average Bonchev–Trinajstić information content (AvgIpc) is 2.63. The summed E-state index contributed by atoms with van der Waals surface area (Å²) in [5, 5.41) is 9.98. The molecule has 0 bridgehead atoms. The third kappa shape index (κ3) is 1.49. The molecule has 1 N–H and O–H groups in total. The van der Waals surface area contributed by atoms with Crippen LogP contribution in [0.5, 0.6) is 0 Å². The molecule has 0 unspecified atom stereocenters. The SMILES string of the molecule is O=CNCOn1nnc2ccccc21. The van der Waals surface area contributed by atoms with Gasteiger partial charge < -0.3 is 10.2 Å². The van der Waals surface area contributed by atoms with Gasteiger partial charge in [-0.05, 0) is 17.3 Å². The van der Waals surface area contributed by atoms with E-state index < -0.39 is 0 Å². The molecule has 0 aliphatic carbocycles. The zero-order valence-electron chi connectivity index (χ0n) is 7.25. The van der Waals surface area contributed by atoms with Crippen molar-refractivity contribution in [2.24, 2.45) is 0 Å². The van der Waals surface area contributed by atoms with Gasteiger partial charge in [-0.2, -0.15) is 0 Å². The van der Waals surface area contributed by atoms with Gasteiger partial charge in [0.25, 0.3) is 0 Å². The second-order valence-corrected chi connectivity index (χ2v) is 2.55. The third-order valence-electron chi connectivity index (χ3n) is 1.68. The van der Waals surface area contributed by atoms with E-state index in [-0.39, 0.29) is 6.73 Å². The lowest BCUT2D eigenvalue weighted by atomic mass is 10.3. The van der Waals surface area contributed by atoms with Gasteiger partial charge in [-0.3, -0.25) is 4.79 Å². The summed E-state index contributed by atoms with van der Waals surface area (Å²) in [6, 6.07) is 7.38. The summed E-state index contributed by atoms with van der Waals surface area (Å²) in [6.07, 6.45) is 0.555. The van der Waals surface area contributed by atoms with E-state index in [4.69, 9.17) is 4.84 Å². The Labute approximate surface area is 79.4 Å². The maximum Gasteiger partial charge on any atom is 0.209 e. The lowest BCUT2D eigenvalue weighted by molar-refractivity contribution is -0.111. The van der Waals surface area contributed by atoms with Gasteiger partial charge in [-0.15, -0.1) is 5.10 Å². The number of para-hydroxylation sites is 1. The number of carbonyl (C=O) groups is 1. The van der Waals surface area contributed by atoms with Crippen LogP contribution in [0.2, 0.25) is 0 Å². The molecule has 0 aliphatic heterocycles. The summed E-state index contributed by atoms with van der Waals surface area (Å²) in [5.41, 5.74) is 1.51. The number of nitrogens with zero attached hydrogens (tertiary/aromatic N) is 3. The Morgan fingerprint density at radius 3 is 3.21 bits per heavy atom. The molecule has 0 fully saturated rings. The fourth-order valence-corrected chi connectivity index (χ4v) is 1.08. The number of aromatic nitrogens is 3. The van der Waals surface area contributed by atoms with Gasteiger partial charge in [0.15, 0.2) is 6.73 Å². The largest absolute Gasteiger partial charge is 0.373 e. The van der Waals surface area contributed by atoms with Crippen molar-refractivity contribution in [2.75, 3.05) is 6.73 Å². The van der Waals surface area contributed by atoms with Crippen molar-refractivity contribution in [1.82, 2.24) is 20.5 Å². The first kappa shape index (κ1) is 8.49. The highest BCUT2D eigenvalue weighted by molar-refractivity contribution is 5.73. The lowest BCUT2D eigenvalue weighted by Crippen LogP contribution is -2.25. The van der Waals surface area contributed by atoms with Crippen molar-refractivity contribution in [1.29, 1.82) is 0 Å². The first-order valence-corrected chi connectivity index (χ1v) is 4.02. The second-order valence-electron chi connectivity index (χ2n) is 2.55. The lowest BCUT2D eigenvalue weighted by Gasteiger charge is -2.02. The van der Waals surface area contributed by atoms with Crippen LogP contribution >= 0.6 is 0 Å². The molecular weight excluding hydrogens is 184 g/mol. The molecule has 6 nitrogen and oxygen atoms in total. The van der Waals surface area contributed by atoms with E-state index >= 15 is 0 Å². The molecule has 1 heterocycles. The fraction of sp³-hybridized carbons (Fsp3) is 0.125. The number of hydrogen-bond donors (Lipinski definition) is 1. The molecule has 1 aromatic carbocycles. The van der Waals surface area contributed by atoms with Gasteiger partial charge in [0.2, 0.25) is 6.41 Å². The number of fused-ring (bicyclic) bond motifs is 1. The Kier molecular flexibility index (Phi) is 2.26. The summed E-state index contributed by atoms with van der Waals surface area (Å²) in [7, 11) is 0. The molecule has 14 heavy (non-hydrogen) atoms. The highest BCUT2D eigenvalue weighted by Crippen LogP contribution is 2.07. The van der Waals surface area contributed by atoms with Crippen molar-refractivity contribution in [3.05, 3.63) is 24.3 Å². The number of hydrogen-bond acceptors (Lipinski definition) is 4. The number of amides is 1. The third-order valence-corrected chi connectivity index (χ3v) is 1.68. The van der Waals surface area contributed by atoms with Crippen LogP contribution in [0.15, 0.2) is 24.3 Å². The molecule has 0 saturated heterocycles. The molecule has 0 spiro atoms. The Morgan fingerprint density at radius 1 is 1.50 bits per heavy atom. The van der Waals surface area contributed by atoms with E-state index in [0.717, 1.165) is 11.0 Å². The van der Waals surface area contributed by atoms with Gasteiger partial charge in [-0.25, -0.2) is 0 Å². The predicted molar refractivity (Wildman–Crippen MR) is 48.2 cm³/mol. The van der Waals surface area contributed by atoms with E-state index in [1.165, 1.54) is 4.85 Å². The average molecular weight is 192 g/mol. The molecule has 2 aromatic rings. The maximum atomic E-state index is 9.96. The molecule has 1 aromatic heterocycles. The highest BCUT2D eigenvalue weighted by atomic mass is 16.7. The van der Waals surface area contributed by atoms with Crippen LogP contribution < -0.4 is 10.2 Å². The Hall–Kier alpha value is -2.11. The Bertz CT molecular complexity index is 440. The molecule has 6 heteroatoms. The molecule has 2 rings (SSSR count). The quantitative estimate of drug-likeness (QED) is 0.405. The van der Waals surface area contributed by atoms with Crippen molar-refractivity contribution in [3.8, 4) is 0 Å². The van der Waals surface area contributed by atoms with Gasteiger partial charge in [0, 0.05) is 0 Å². The maximum absolute atomic E-state index is 9.96. The van der Waals surface area contributed by atoms with Gasteiger partial charge >= 0.3 is 0 Å². The summed E-state index contributed by atoms with van der Waals surface area (Å²) in [5.74, 6) is 0. The Morgan fingerprint density at radius 2 is 2.36 bits per heavy atom. The number of carbonyl (C=O) groups excluding carboxylic acids is 1. The number of nitrogens with one attached hydrogen (secondary N) is 1. The van der Waals surface area contributed by atoms with Crippen LogP contribution in [0.25, 0.3) is 11.0 Å². The van der Waals surface area contributed by atoms with E-state index in [9.17, 15) is 4.79 Å². The Balaban J connectivity index is 2.20. The summed E-state index contributed by atoms with van der Waals surface area (Å²) in [4.78, 5) is 16.3. The first-order valence-electron chi connectivity index (χ1n) is 4.02. The molecular formula is C8H8N4O2. The van der Waals surface area contributed by atoms with Gasteiger partial charge in [-0.1, -0.05) is 17.0 Å². The first-order chi connectivity index (χ1) is 6.92. The van der Waals surface area contributed by atoms with Crippen LogP contribution in [0.1, 0.15) is 0 Å². The molecule has 0 saturated carbocycles. The monoisotopic (exact) mass is 192 g/mol. The van der Waals surface area contributed by atoms with Crippen LogP contribution in [0, 0.1) is 0 Å². The van der Waals surface area contributed by atoms with Crippen molar-refractivity contribution in [2.45, 2.75) is 0 Å². The topological polar surface area (TPSA) is 69.0 Å². The van der Waals surface area contributed by atoms with Crippen LogP contribution in [0.4, 0.5) is 0 Å².